The smallest absolute Gasteiger partial charge is 0.346 e. The molecule has 29 heavy (non-hydrogen) atoms. The van der Waals surface area contributed by atoms with Crippen molar-refractivity contribution in [2.24, 2.45) is 17.3 Å². The lowest BCUT2D eigenvalue weighted by atomic mass is 9.75. The molecule has 0 unspecified atom stereocenters. The summed E-state index contributed by atoms with van der Waals surface area (Å²) in [4.78, 5) is 15.9. The molecule has 4 heteroatoms. The summed E-state index contributed by atoms with van der Waals surface area (Å²) in [6, 6.07) is 2.05. The first-order chi connectivity index (χ1) is 13.7. The van der Waals surface area contributed by atoms with E-state index in [1.54, 1.807) is 0 Å². The molecule has 1 aliphatic carbocycles. The molecule has 0 spiro atoms. The number of likely N-dealkylation sites (N-methyl/N-ethyl adjacent to an activating group) is 1. The van der Waals surface area contributed by atoms with E-state index in [1.165, 1.54) is 48.2 Å². The average molecular weight is 414 g/mol. The van der Waals surface area contributed by atoms with Crippen molar-refractivity contribution in [1.82, 2.24) is 4.90 Å². The fourth-order valence-corrected chi connectivity index (χ4v) is 5.37. The van der Waals surface area contributed by atoms with Gasteiger partial charge in [-0.05, 0) is 75.6 Å². The van der Waals surface area contributed by atoms with Crippen molar-refractivity contribution in [1.29, 1.82) is 0 Å². The Morgan fingerprint density at radius 1 is 1.28 bits per heavy atom. The molecule has 0 amide bonds. The second kappa shape index (κ2) is 9.06. The van der Waals surface area contributed by atoms with Crippen LogP contribution < -0.4 is 0 Å². The molecule has 2 aliphatic rings. The molecule has 1 aromatic rings. The number of carbonyl (C=O) groups is 1. The van der Waals surface area contributed by atoms with Crippen molar-refractivity contribution in [2.75, 3.05) is 19.6 Å². The summed E-state index contributed by atoms with van der Waals surface area (Å²) < 4.78 is 0. The number of carboxylic acid groups (broad SMARTS) is 1. The SMILES string of the molecule is CCN1CCC(c2cc(C#CC(C)(C)C)sc2C(=O)O)=C(C2CCC(C)CC2)C1. The zero-order valence-electron chi connectivity index (χ0n) is 18.6. The molecule has 0 atom stereocenters. The fraction of sp³-hybridized carbons (Fsp3) is 0.640. The standard InChI is InChI=1S/C25H35NO2S/c1-6-26-14-12-20(22(16-26)18-9-7-17(2)8-10-18)21-15-19(11-13-25(3,4)5)29-23(21)24(27)28/h15,17-18H,6-10,12,14,16H2,1-5H3,(H,27,28). The summed E-state index contributed by atoms with van der Waals surface area (Å²) in [7, 11) is 0. The lowest BCUT2D eigenvalue weighted by molar-refractivity contribution is 0.0702. The fourth-order valence-electron chi connectivity index (χ4n) is 4.49. The molecule has 1 aromatic heterocycles. The second-order valence-electron chi connectivity index (χ2n) is 9.74. The molecule has 2 heterocycles. The first-order valence-electron chi connectivity index (χ1n) is 11.0. The van der Waals surface area contributed by atoms with Gasteiger partial charge in [0.1, 0.15) is 4.88 Å². The van der Waals surface area contributed by atoms with Crippen LogP contribution in [0.25, 0.3) is 5.57 Å². The van der Waals surface area contributed by atoms with Crippen LogP contribution in [0, 0.1) is 29.1 Å². The molecule has 0 radical (unpaired) electrons. The van der Waals surface area contributed by atoms with Gasteiger partial charge in [-0.2, -0.15) is 0 Å². The predicted molar refractivity (Wildman–Crippen MR) is 122 cm³/mol. The second-order valence-corrected chi connectivity index (χ2v) is 10.8. The van der Waals surface area contributed by atoms with Gasteiger partial charge in [0, 0.05) is 24.1 Å². The van der Waals surface area contributed by atoms with Crippen LogP contribution in [0.5, 0.6) is 0 Å². The molecule has 0 saturated heterocycles. The number of thiophene rings is 1. The topological polar surface area (TPSA) is 40.5 Å². The van der Waals surface area contributed by atoms with Gasteiger partial charge in [0.25, 0.3) is 0 Å². The van der Waals surface area contributed by atoms with Crippen molar-refractivity contribution < 1.29 is 9.90 Å². The van der Waals surface area contributed by atoms with Crippen LogP contribution in [0.15, 0.2) is 11.6 Å². The third-order valence-electron chi connectivity index (χ3n) is 6.23. The van der Waals surface area contributed by atoms with Crippen molar-refractivity contribution in [3.63, 3.8) is 0 Å². The first-order valence-corrected chi connectivity index (χ1v) is 11.8. The summed E-state index contributed by atoms with van der Waals surface area (Å²) in [5, 5.41) is 9.90. The van der Waals surface area contributed by atoms with Crippen LogP contribution in [-0.4, -0.2) is 35.6 Å². The maximum Gasteiger partial charge on any atom is 0.346 e. The Morgan fingerprint density at radius 2 is 1.97 bits per heavy atom. The Balaban J connectivity index is 2.05. The maximum absolute atomic E-state index is 12.1. The normalized spacial score (nSPS) is 23.6. The van der Waals surface area contributed by atoms with Crippen LogP contribution in [0.3, 0.4) is 0 Å². The van der Waals surface area contributed by atoms with Crippen LogP contribution in [0.4, 0.5) is 0 Å². The van der Waals surface area contributed by atoms with Crippen molar-refractivity contribution in [2.45, 2.75) is 66.7 Å². The third kappa shape index (κ3) is 5.53. The lowest BCUT2D eigenvalue weighted by Gasteiger charge is -2.36. The van der Waals surface area contributed by atoms with E-state index in [2.05, 4.69) is 57.4 Å². The van der Waals surface area contributed by atoms with Crippen LogP contribution in [-0.2, 0) is 0 Å². The van der Waals surface area contributed by atoms with Crippen LogP contribution in [0.1, 0.15) is 86.8 Å². The molecule has 158 valence electrons. The largest absolute Gasteiger partial charge is 0.477 e. The molecule has 1 fully saturated rings. The van der Waals surface area contributed by atoms with Gasteiger partial charge < -0.3 is 5.11 Å². The summed E-state index contributed by atoms with van der Waals surface area (Å²) in [5.74, 6) is 7.08. The summed E-state index contributed by atoms with van der Waals surface area (Å²) >= 11 is 1.34. The lowest BCUT2D eigenvalue weighted by Crippen LogP contribution is -2.34. The summed E-state index contributed by atoms with van der Waals surface area (Å²) in [6.45, 7) is 13.9. The van der Waals surface area contributed by atoms with E-state index >= 15 is 0 Å². The van der Waals surface area contributed by atoms with Gasteiger partial charge in [-0.1, -0.05) is 38.5 Å². The van der Waals surface area contributed by atoms with Crippen molar-refractivity contribution in [3.05, 3.63) is 27.0 Å². The van der Waals surface area contributed by atoms with Crippen molar-refractivity contribution >= 4 is 22.9 Å². The summed E-state index contributed by atoms with van der Waals surface area (Å²) in [6.07, 6.45) is 5.98. The van der Waals surface area contributed by atoms with Crippen LogP contribution >= 0.6 is 11.3 Å². The van der Waals surface area contributed by atoms with Gasteiger partial charge in [0.15, 0.2) is 0 Å². The third-order valence-corrected chi connectivity index (χ3v) is 7.27. The van der Waals surface area contributed by atoms with Gasteiger partial charge in [-0.3, -0.25) is 4.90 Å². The predicted octanol–water partition coefficient (Wildman–Crippen LogP) is 6.15. The number of carboxylic acids is 1. The highest BCUT2D eigenvalue weighted by Crippen LogP contribution is 2.41. The van der Waals surface area contributed by atoms with E-state index in [4.69, 9.17) is 0 Å². The number of nitrogens with zero attached hydrogens (tertiary/aromatic N) is 1. The highest BCUT2D eigenvalue weighted by molar-refractivity contribution is 7.14. The van der Waals surface area contributed by atoms with E-state index in [0.29, 0.717) is 10.8 Å². The highest BCUT2D eigenvalue weighted by atomic mass is 32.1. The minimum absolute atomic E-state index is 0.0940. The molecule has 1 aliphatic heterocycles. The first kappa shape index (κ1) is 22.1. The zero-order chi connectivity index (χ0) is 21.2. The Bertz CT molecular complexity index is 838. The van der Waals surface area contributed by atoms with Gasteiger partial charge in [-0.25, -0.2) is 4.79 Å². The molecule has 1 N–H and O–H groups in total. The van der Waals surface area contributed by atoms with Gasteiger partial charge in [-0.15, -0.1) is 11.3 Å². The van der Waals surface area contributed by atoms with E-state index in [9.17, 15) is 9.90 Å². The average Bonchev–Trinajstić information content (AvgIpc) is 3.10. The maximum atomic E-state index is 12.1. The van der Waals surface area contributed by atoms with E-state index in [-0.39, 0.29) is 5.41 Å². The van der Waals surface area contributed by atoms with Crippen LogP contribution in [0.2, 0.25) is 0 Å². The number of hydrogen-bond acceptors (Lipinski definition) is 3. The Hall–Kier alpha value is -1.57. The minimum atomic E-state index is -0.823. The number of aromatic carboxylic acids is 1. The van der Waals surface area contributed by atoms with E-state index < -0.39 is 5.97 Å². The van der Waals surface area contributed by atoms with Gasteiger partial charge in [0.05, 0.1) is 4.88 Å². The molecule has 0 bridgehead atoms. The number of hydrogen-bond donors (Lipinski definition) is 1. The molecular weight excluding hydrogens is 378 g/mol. The quantitative estimate of drug-likeness (QED) is 0.602. The molecular formula is C25H35NO2S. The molecule has 1 saturated carbocycles. The minimum Gasteiger partial charge on any atom is -0.477 e. The van der Waals surface area contributed by atoms with Gasteiger partial charge >= 0.3 is 5.97 Å². The van der Waals surface area contributed by atoms with Gasteiger partial charge in [0.2, 0.25) is 0 Å². The zero-order valence-corrected chi connectivity index (χ0v) is 19.4. The monoisotopic (exact) mass is 413 g/mol. The molecule has 0 aromatic carbocycles. The van der Waals surface area contributed by atoms with E-state index in [0.717, 1.165) is 42.4 Å². The highest BCUT2D eigenvalue weighted by Gasteiger charge is 2.30. The number of rotatable bonds is 4. The Labute approximate surface area is 180 Å². The Morgan fingerprint density at radius 3 is 2.55 bits per heavy atom. The van der Waals surface area contributed by atoms with Crippen molar-refractivity contribution in [3.8, 4) is 11.8 Å². The summed E-state index contributed by atoms with van der Waals surface area (Å²) in [5.41, 5.74) is 3.64. The Kier molecular flexibility index (Phi) is 6.91. The van der Waals surface area contributed by atoms with E-state index in [1.807, 2.05) is 0 Å². The molecule has 3 nitrogen and oxygen atoms in total. The molecule has 3 rings (SSSR count).